The van der Waals surface area contributed by atoms with Gasteiger partial charge in [0.2, 0.25) is 0 Å². The van der Waals surface area contributed by atoms with E-state index in [1.54, 1.807) is 12.2 Å². The normalized spacial score (nSPS) is 10.9. The number of carbonyl (C=O) groups is 3. The van der Waals surface area contributed by atoms with E-state index >= 15 is 0 Å². The Kier molecular flexibility index (Phi) is 11.6. The van der Waals surface area contributed by atoms with Crippen molar-refractivity contribution in [3.63, 3.8) is 0 Å². The van der Waals surface area contributed by atoms with Crippen molar-refractivity contribution < 1.29 is 28.6 Å². The molecule has 7 nitrogen and oxygen atoms in total. The van der Waals surface area contributed by atoms with Crippen molar-refractivity contribution in [3.05, 3.63) is 59.2 Å². The van der Waals surface area contributed by atoms with Crippen LogP contribution < -0.4 is 5.32 Å². The zero-order valence-corrected chi connectivity index (χ0v) is 18.1. The van der Waals surface area contributed by atoms with Gasteiger partial charge in [0, 0.05) is 6.42 Å². The summed E-state index contributed by atoms with van der Waals surface area (Å²) in [4.78, 5) is 36.4. The summed E-state index contributed by atoms with van der Waals surface area (Å²) in [5.74, 6) is -1.10. The second kappa shape index (κ2) is 14.0. The summed E-state index contributed by atoms with van der Waals surface area (Å²) in [5.41, 5.74) is 2.85. The van der Waals surface area contributed by atoms with Crippen LogP contribution in [0.3, 0.4) is 0 Å². The van der Waals surface area contributed by atoms with Gasteiger partial charge in [0.1, 0.15) is 25.9 Å². The fraction of sp³-hybridized carbons (Fsp3) is 0.435. The van der Waals surface area contributed by atoms with Gasteiger partial charge in [-0.1, -0.05) is 41.5 Å². The highest BCUT2D eigenvalue weighted by Crippen LogP contribution is 2.06. The summed E-state index contributed by atoms with van der Waals surface area (Å²) in [6, 6.07) is 8.15. The molecule has 1 N–H and O–H groups in total. The molecule has 0 aliphatic carbocycles. The van der Waals surface area contributed by atoms with E-state index in [0.29, 0.717) is 0 Å². The lowest BCUT2D eigenvalue weighted by Crippen LogP contribution is -2.42. The minimum atomic E-state index is -1.02. The molecule has 0 unspecified atom stereocenters. The van der Waals surface area contributed by atoms with Gasteiger partial charge in [-0.05, 0) is 51.8 Å². The summed E-state index contributed by atoms with van der Waals surface area (Å²) in [6.45, 7) is 7.89. The number of rotatable bonds is 11. The van der Waals surface area contributed by atoms with E-state index in [0.717, 1.165) is 16.7 Å². The van der Waals surface area contributed by atoms with Crippen LogP contribution in [0.4, 0.5) is 4.79 Å². The van der Waals surface area contributed by atoms with E-state index in [4.69, 9.17) is 14.2 Å². The number of hydrogen-bond donors (Lipinski definition) is 1. The number of carbonyl (C=O) groups excluding carboxylic acids is 3. The first-order valence-corrected chi connectivity index (χ1v) is 9.84. The second-order valence-electron chi connectivity index (χ2n) is 7.17. The average molecular weight is 418 g/mol. The zero-order valence-electron chi connectivity index (χ0n) is 18.1. The van der Waals surface area contributed by atoms with E-state index < -0.39 is 24.1 Å². The molecule has 0 aliphatic heterocycles. The quantitative estimate of drug-likeness (QED) is 0.331. The van der Waals surface area contributed by atoms with Gasteiger partial charge in [0.15, 0.2) is 0 Å². The Morgan fingerprint density at radius 2 is 1.50 bits per heavy atom. The molecule has 1 atom stereocenters. The molecule has 0 aliphatic rings. The van der Waals surface area contributed by atoms with E-state index in [2.05, 4.69) is 5.32 Å². The third-order valence-electron chi connectivity index (χ3n) is 3.88. The molecule has 0 spiro atoms. The van der Waals surface area contributed by atoms with Gasteiger partial charge in [-0.25, -0.2) is 9.59 Å². The fourth-order valence-corrected chi connectivity index (χ4v) is 2.18. The minimum Gasteiger partial charge on any atom is -0.461 e. The number of allylic oxidation sites excluding steroid dienone is 2. The predicted molar refractivity (Wildman–Crippen MR) is 114 cm³/mol. The molecule has 30 heavy (non-hydrogen) atoms. The summed E-state index contributed by atoms with van der Waals surface area (Å²) in [5, 5.41) is 2.48. The van der Waals surface area contributed by atoms with Crippen LogP contribution in [0.15, 0.2) is 53.6 Å². The SMILES string of the molecule is CC(C)=CCOC(=O)CC[C@H](NC(=O)OCc1ccccc1)C(=O)OCC=C(C)C. The third-order valence-corrected chi connectivity index (χ3v) is 3.88. The monoisotopic (exact) mass is 417 g/mol. The van der Waals surface area contributed by atoms with Crippen molar-refractivity contribution >= 4 is 18.0 Å². The van der Waals surface area contributed by atoms with E-state index in [-0.39, 0.29) is 32.7 Å². The lowest BCUT2D eigenvalue weighted by Gasteiger charge is -2.17. The molecule has 1 amide bonds. The molecule has 0 bridgehead atoms. The van der Waals surface area contributed by atoms with Crippen molar-refractivity contribution in [1.82, 2.24) is 5.32 Å². The number of alkyl carbamates (subject to hydrolysis) is 1. The topological polar surface area (TPSA) is 90.9 Å². The van der Waals surface area contributed by atoms with Gasteiger partial charge in [-0.3, -0.25) is 4.79 Å². The number of nitrogens with one attached hydrogen (secondary N) is 1. The number of benzene rings is 1. The van der Waals surface area contributed by atoms with E-state index in [9.17, 15) is 14.4 Å². The van der Waals surface area contributed by atoms with Gasteiger partial charge < -0.3 is 19.5 Å². The summed E-state index contributed by atoms with van der Waals surface area (Å²) in [6.07, 6.45) is 2.76. The molecule has 164 valence electrons. The highest BCUT2D eigenvalue weighted by molar-refractivity contribution is 5.82. The fourth-order valence-electron chi connectivity index (χ4n) is 2.18. The Bertz CT molecular complexity index is 746. The zero-order chi connectivity index (χ0) is 22.4. The summed E-state index contributed by atoms with van der Waals surface area (Å²) < 4.78 is 15.4. The molecule has 0 fully saturated rings. The first-order chi connectivity index (χ1) is 14.3. The van der Waals surface area contributed by atoms with Crippen LogP contribution in [0.2, 0.25) is 0 Å². The van der Waals surface area contributed by atoms with Crippen LogP contribution in [-0.2, 0) is 30.4 Å². The van der Waals surface area contributed by atoms with Gasteiger partial charge in [0.05, 0.1) is 0 Å². The summed E-state index contributed by atoms with van der Waals surface area (Å²) in [7, 11) is 0. The maximum atomic E-state index is 12.4. The van der Waals surface area contributed by atoms with Crippen molar-refractivity contribution in [1.29, 1.82) is 0 Å². The van der Waals surface area contributed by atoms with E-state index in [1.807, 2.05) is 58.0 Å². The Hall–Kier alpha value is -3.09. The van der Waals surface area contributed by atoms with Crippen LogP contribution in [-0.4, -0.2) is 37.3 Å². The largest absolute Gasteiger partial charge is 0.461 e. The standard InChI is InChI=1S/C23H31NO6/c1-17(2)12-14-28-21(25)11-10-20(22(26)29-15-13-18(3)4)24-23(27)30-16-19-8-6-5-7-9-19/h5-9,12-13,20H,10-11,14-16H2,1-4H3,(H,24,27)/t20-/m0/s1. The Labute approximate surface area is 178 Å². The second-order valence-corrected chi connectivity index (χ2v) is 7.17. The smallest absolute Gasteiger partial charge is 0.408 e. The van der Waals surface area contributed by atoms with Gasteiger partial charge in [-0.15, -0.1) is 0 Å². The third kappa shape index (κ3) is 11.7. The number of amides is 1. The molecule has 1 aromatic rings. The highest BCUT2D eigenvalue weighted by atomic mass is 16.6. The number of esters is 2. The molecule has 7 heteroatoms. The first-order valence-electron chi connectivity index (χ1n) is 9.84. The van der Waals surface area contributed by atoms with Gasteiger partial charge in [0.25, 0.3) is 0 Å². The highest BCUT2D eigenvalue weighted by Gasteiger charge is 2.24. The number of ether oxygens (including phenoxy) is 3. The number of hydrogen-bond acceptors (Lipinski definition) is 6. The van der Waals surface area contributed by atoms with Crippen LogP contribution in [0.1, 0.15) is 46.1 Å². The lowest BCUT2D eigenvalue weighted by molar-refractivity contribution is -0.146. The first kappa shape index (κ1) is 24.9. The van der Waals surface area contributed by atoms with Crippen molar-refractivity contribution in [2.45, 2.75) is 53.2 Å². The van der Waals surface area contributed by atoms with Crippen molar-refractivity contribution in [3.8, 4) is 0 Å². The van der Waals surface area contributed by atoms with Crippen molar-refractivity contribution in [2.24, 2.45) is 0 Å². The summed E-state index contributed by atoms with van der Waals surface area (Å²) >= 11 is 0. The Balaban J connectivity index is 2.60. The maximum Gasteiger partial charge on any atom is 0.408 e. The molecule has 0 aromatic heterocycles. The predicted octanol–water partition coefficient (Wildman–Crippen LogP) is 4.08. The maximum absolute atomic E-state index is 12.4. The molecule has 1 rings (SSSR count). The van der Waals surface area contributed by atoms with Crippen LogP contribution >= 0.6 is 0 Å². The molecule has 1 aromatic carbocycles. The molecule has 0 saturated heterocycles. The molecular formula is C23H31NO6. The van der Waals surface area contributed by atoms with Crippen LogP contribution in [0.5, 0.6) is 0 Å². The molecule has 0 radical (unpaired) electrons. The lowest BCUT2D eigenvalue weighted by atomic mass is 10.1. The Morgan fingerprint density at radius 3 is 2.10 bits per heavy atom. The van der Waals surface area contributed by atoms with Gasteiger partial charge in [-0.2, -0.15) is 0 Å². The van der Waals surface area contributed by atoms with E-state index in [1.165, 1.54) is 0 Å². The molecular weight excluding hydrogens is 386 g/mol. The van der Waals surface area contributed by atoms with Crippen LogP contribution in [0, 0.1) is 0 Å². The van der Waals surface area contributed by atoms with Gasteiger partial charge >= 0.3 is 18.0 Å². The van der Waals surface area contributed by atoms with Crippen LogP contribution in [0.25, 0.3) is 0 Å². The molecule has 0 heterocycles. The molecule has 0 saturated carbocycles. The Morgan fingerprint density at radius 1 is 0.900 bits per heavy atom. The minimum absolute atomic E-state index is 0.0434. The average Bonchev–Trinajstić information content (AvgIpc) is 2.69. The van der Waals surface area contributed by atoms with Crippen molar-refractivity contribution in [2.75, 3.05) is 13.2 Å².